The summed E-state index contributed by atoms with van der Waals surface area (Å²) in [5.41, 5.74) is 4.28. The average molecular weight is 376 g/mol. The normalized spacial score (nSPS) is 25.0. The Morgan fingerprint density at radius 1 is 1.04 bits per heavy atom. The lowest BCUT2D eigenvalue weighted by Gasteiger charge is -2.24. The lowest BCUT2D eigenvalue weighted by molar-refractivity contribution is 0.399. The van der Waals surface area contributed by atoms with E-state index in [-0.39, 0.29) is 0 Å². The molecule has 144 valence electrons. The van der Waals surface area contributed by atoms with Crippen LogP contribution in [0.4, 0.5) is 0 Å². The highest BCUT2D eigenvalue weighted by atomic mass is 32.2. The molecule has 2 aliphatic rings. The van der Waals surface area contributed by atoms with E-state index < -0.39 is 10.0 Å². The first-order valence-corrected chi connectivity index (χ1v) is 11.6. The van der Waals surface area contributed by atoms with E-state index in [0.717, 1.165) is 17.9 Å². The molecule has 2 unspecified atom stereocenters. The van der Waals surface area contributed by atoms with Crippen LogP contribution in [0.1, 0.15) is 64.4 Å². The molecule has 0 spiro atoms. The van der Waals surface area contributed by atoms with Gasteiger partial charge in [0.15, 0.2) is 0 Å². The lowest BCUT2D eigenvalue weighted by atomic mass is 9.82. The Morgan fingerprint density at radius 3 is 2.35 bits per heavy atom. The fourth-order valence-corrected chi connectivity index (χ4v) is 5.47. The van der Waals surface area contributed by atoms with Gasteiger partial charge in [-0.3, -0.25) is 0 Å². The van der Waals surface area contributed by atoms with Crippen LogP contribution in [-0.4, -0.2) is 15.0 Å². The molecule has 1 aromatic carbocycles. The molecule has 0 bridgehead atoms. The minimum absolute atomic E-state index is 0.361. The number of aryl methyl sites for hydroxylation is 1. The zero-order valence-corrected chi connectivity index (χ0v) is 17.2. The smallest absolute Gasteiger partial charge is 0.211 e. The predicted octanol–water partition coefficient (Wildman–Crippen LogP) is 5.22. The Labute approximate surface area is 159 Å². The van der Waals surface area contributed by atoms with Crippen LogP contribution in [0, 0.1) is 24.7 Å². The van der Waals surface area contributed by atoms with E-state index in [4.69, 9.17) is 0 Å². The number of benzene rings is 1. The number of rotatable bonds is 7. The zero-order valence-electron chi connectivity index (χ0n) is 16.4. The monoisotopic (exact) mass is 375 g/mol. The zero-order chi connectivity index (χ0) is 18.7. The molecular weight excluding hydrogens is 342 g/mol. The van der Waals surface area contributed by atoms with Crippen molar-refractivity contribution in [1.29, 1.82) is 0 Å². The summed E-state index contributed by atoms with van der Waals surface area (Å²) < 4.78 is 27.5. The lowest BCUT2D eigenvalue weighted by Crippen LogP contribution is -2.25. The molecule has 2 atom stereocenters. The van der Waals surface area contributed by atoms with E-state index in [2.05, 4.69) is 18.6 Å². The molecule has 1 aromatic rings. The van der Waals surface area contributed by atoms with E-state index in [1.807, 2.05) is 19.1 Å². The Kier molecular flexibility index (Phi) is 6.24. The molecule has 3 nitrogen and oxygen atoms in total. The highest BCUT2D eigenvalue weighted by Gasteiger charge is 2.39. The molecule has 0 radical (unpaired) electrons. The van der Waals surface area contributed by atoms with Gasteiger partial charge in [0.25, 0.3) is 0 Å². The first-order valence-electron chi connectivity index (χ1n) is 10.1. The van der Waals surface area contributed by atoms with Crippen molar-refractivity contribution < 1.29 is 8.42 Å². The molecule has 0 aromatic heterocycles. The van der Waals surface area contributed by atoms with Crippen molar-refractivity contribution >= 4 is 10.0 Å². The highest BCUT2D eigenvalue weighted by molar-refractivity contribution is 7.89. The molecule has 2 saturated carbocycles. The first kappa shape index (κ1) is 19.6. The second-order valence-corrected chi connectivity index (χ2v) is 10.1. The molecule has 2 fully saturated rings. The predicted molar refractivity (Wildman–Crippen MR) is 108 cm³/mol. The maximum atomic E-state index is 12.4. The summed E-state index contributed by atoms with van der Waals surface area (Å²) >= 11 is 0. The molecule has 26 heavy (non-hydrogen) atoms. The van der Waals surface area contributed by atoms with Crippen molar-refractivity contribution in [3.8, 4) is 0 Å². The summed E-state index contributed by atoms with van der Waals surface area (Å²) in [6.45, 7) is 7.14. The van der Waals surface area contributed by atoms with Gasteiger partial charge in [-0.15, -0.1) is 0 Å². The molecule has 0 heterocycles. The van der Waals surface area contributed by atoms with Crippen LogP contribution >= 0.6 is 0 Å². The van der Waals surface area contributed by atoms with E-state index in [0.29, 0.717) is 23.3 Å². The first-order chi connectivity index (χ1) is 12.4. The van der Waals surface area contributed by atoms with Crippen LogP contribution in [0.15, 0.2) is 40.3 Å². The van der Waals surface area contributed by atoms with Gasteiger partial charge in [0.1, 0.15) is 0 Å². The Hall–Kier alpha value is -1.13. The Balaban J connectivity index is 1.48. The third-order valence-electron chi connectivity index (χ3n) is 6.46. The van der Waals surface area contributed by atoms with Crippen LogP contribution in [-0.2, 0) is 10.0 Å². The summed E-state index contributed by atoms with van der Waals surface area (Å²) in [5.74, 6) is 2.13. The summed E-state index contributed by atoms with van der Waals surface area (Å²) in [6, 6.07) is 7.04. The summed E-state index contributed by atoms with van der Waals surface area (Å²) in [7, 11) is -3.38. The van der Waals surface area contributed by atoms with Gasteiger partial charge in [0.05, 0.1) is 4.90 Å². The topological polar surface area (TPSA) is 46.2 Å². The van der Waals surface area contributed by atoms with Crippen LogP contribution in [0.2, 0.25) is 0 Å². The number of hydrogen-bond donors (Lipinski definition) is 1. The van der Waals surface area contributed by atoms with Crippen molar-refractivity contribution in [2.45, 2.75) is 70.6 Å². The van der Waals surface area contributed by atoms with Crippen molar-refractivity contribution in [2.24, 2.45) is 17.8 Å². The molecule has 4 heteroatoms. The van der Waals surface area contributed by atoms with E-state index in [1.165, 1.54) is 38.5 Å². The van der Waals surface area contributed by atoms with Crippen LogP contribution in [0.25, 0.3) is 0 Å². The number of hydrogen-bond acceptors (Lipinski definition) is 2. The van der Waals surface area contributed by atoms with Gasteiger partial charge in [-0.05, 0) is 76.3 Å². The number of nitrogens with one attached hydrogen (secondary N) is 1. The van der Waals surface area contributed by atoms with Gasteiger partial charge in [0, 0.05) is 6.54 Å². The molecule has 0 aliphatic heterocycles. The Bertz CT molecular complexity index is 743. The Morgan fingerprint density at radius 2 is 1.69 bits per heavy atom. The maximum absolute atomic E-state index is 12.4. The van der Waals surface area contributed by atoms with Gasteiger partial charge in [-0.25, -0.2) is 13.1 Å². The number of sulfonamides is 1. The maximum Gasteiger partial charge on any atom is 0.240 e. The fraction of sp³-hybridized carbons (Fsp3) is 0.636. The molecule has 3 rings (SSSR count). The van der Waals surface area contributed by atoms with Crippen LogP contribution in [0.5, 0.6) is 0 Å². The van der Waals surface area contributed by atoms with Gasteiger partial charge >= 0.3 is 0 Å². The van der Waals surface area contributed by atoms with E-state index in [9.17, 15) is 8.42 Å². The van der Waals surface area contributed by atoms with E-state index in [1.54, 1.807) is 23.3 Å². The SMILES string of the molecule is C/C(=C(/C)C1CC1CCNS(=O)(=O)c1ccc(C)cc1)C1CCCCC1. The molecule has 2 aliphatic carbocycles. The minimum Gasteiger partial charge on any atom is -0.211 e. The molecular formula is C22H33NO2S. The van der Waals surface area contributed by atoms with E-state index >= 15 is 0 Å². The second kappa shape index (κ2) is 8.26. The van der Waals surface area contributed by atoms with Crippen LogP contribution < -0.4 is 4.72 Å². The minimum atomic E-state index is -3.38. The molecule has 0 amide bonds. The second-order valence-electron chi connectivity index (χ2n) is 8.30. The quantitative estimate of drug-likeness (QED) is 0.664. The van der Waals surface area contributed by atoms with Crippen LogP contribution in [0.3, 0.4) is 0 Å². The van der Waals surface area contributed by atoms with Gasteiger partial charge in [-0.2, -0.15) is 0 Å². The molecule has 0 saturated heterocycles. The average Bonchev–Trinajstić information content (AvgIpc) is 3.41. The van der Waals surface area contributed by atoms with Crippen molar-refractivity contribution in [2.75, 3.05) is 6.54 Å². The van der Waals surface area contributed by atoms with Crippen molar-refractivity contribution in [1.82, 2.24) is 4.72 Å². The fourth-order valence-electron chi connectivity index (χ4n) is 4.43. The summed E-state index contributed by atoms with van der Waals surface area (Å²) in [4.78, 5) is 0.361. The van der Waals surface area contributed by atoms with Crippen molar-refractivity contribution in [3.63, 3.8) is 0 Å². The van der Waals surface area contributed by atoms with Crippen molar-refractivity contribution in [3.05, 3.63) is 41.0 Å². The van der Waals surface area contributed by atoms with Gasteiger partial charge < -0.3 is 0 Å². The third kappa shape index (κ3) is 4.77. The largest absolute Gasteiger partial charge is 0.240 e. The summed E-state index contributed by atoms with van der Waals surface area (Å²) in [6.07, 6.45) is 9.03. The third-order valence-corrected chi connectivity index (χ3v) is 7.93. The summed E-state index contributed by atoms with van der Waals surface area (Å²) in [5, 5.41) is 0. The van der Waals surface area contributed by atoms with Gasteiger partial charge in [-0.1, -0.05) is 48.1 Å². The van der Waals surface area contributed by atoms with Gasteiger partial charge in [0.2, 0.25) is 10.0 Å². The molecule has 1 N–H and O–H groups in total. The highest BCUT2D eigenvalue weighted by Crippen LogP contribution is 2.48. The number of allylic oxidation sites excluding steroid dienone is 2. The standard InChI is InChI=1S/C22H33NO2S/c1-16-9-11-21(12-10-16)26(24,25)23-14-13-20-15-22(20)18(3)17(2)19-7-5-4-6-8-19/h9-12,19-20,22-23H,4-8,13-15H2,1-3H3/b18-17+.